The van der Waals surface area contributed by atoms with Gasteiger partial charge in [-0.05, 0) is 38.0 Å². The summed E-state index contributed by atoms with van der Waals surface area (Å²) in [5, 5.41) is 0. The fourth-order valence-electron chi connectivity index (χ4n) is 5.12. The SMILES string of the molecule is C[C@@H]1CCC2[C@@H](C)[C@@H](OCBr)O[C@@H]3OC4(C)CCC1[C@@]23OO4. The van der Waals surface area contributed by atoms with Crippen molar-refractivity contribution in [2.24, 2.45) is 23.7 Å². The minimum Gasteiger partial charge on any atom is -0.341 e. The molecule has 6 heteroatoms. The van der Waals surface area contributed by atoms with Crippen molar-refractivity contribution in [3.05, 3.63) is 0 Å². The van der Waals surface area contributed by atoms with E-state index in [9.17, 15) is 0 Å². The van der Waals surface area contributed by atoms with Gasteiger partial charge in [0, 0.05) is 18.3 Å². The van der Waals surface area contributed by atoms with Gasteiger partial charge < -0.3 is 14.2 Å². The van der Waals surface area contributed by atoms with E-state index in [4.69, 9.17) is 24.0 Å². The van der Waals surface area contributed by atoms with Crippen LogP contribution in [0, 0.1) is 23.7 Å². The van der Waals surface area contributed by atoms with Crippen LogP contribution in [-0.4, -0.2) is 29.5 Å². The first-order valence-electron chi connectivity index (χ1n) is 8.38. The Morgan fingerprint density at radius 2 is 1.95 bits per heavy atom. The molecule has 4 heterocycles. The molecular formula is C16H25BrO5. The summed E-state index contributed by atoms with van der Waals surface area (Å²) in [6.07, 6.45) is 3.55. The van der Waals surface area contributed by atoms with Crippen LogP contribution in [-0.2, 0) is 24.0 Å². The lowest BCUT2D eigenvalue weighted by Crippen LogP contribution is -2.70. The van der Waals surface area contributed by atoms with Gasteiger partial charge in [0.1, 0.15) is 5.52 Å². The summed E-state index contributed by atoms with van der Waals surface area (Å²) in [6.45, 7) is 6.46. The lowest BCUT2D eigenvalue weighted by atomic mass is 9.58. The van der Waals surface area contributed by atoms with E-state index >= 15 is 0 Å². The second kappa shape index (κ2) is 5.39. The third-order valence-electron chi connectivity index (χ3n) is 6.32. The number of ether oxygens (including phenoxy) is 3. The summed E-state index contributed by atoms with van der Waals surface area (Å²) in [4.78, 5) is 11.8. The smallest absolute Gasteiger partial charge is 0.201 e. The average Bonchev–Trinajstić information content (AvgIpc) is 2.71. The van der Waals surface area contributed by atoms with Gasteiger partial charge in [0.15, 0.2) is 18.2 Å². The normalized spacial score (nSPS) is 57.3. The summed E-state index contributed by atoms with van der Waals surface area (Å²) < 4.78 is 18.2. The van der Waals surface area contributed by atoms with Crippen molar-refractivity contribution in [1.82, 2.24) is 0 Å². The highest BCUT2D eigenvalue weighted by atomic mass is 79.9. The monoisotopic (exact) mass is 376 g/mol. The van der Waals surface area contributed by atoms with E-state index in [-0.39, 0.29) is 12.2 Å². The first-order chi connectivity index (χ1) is 10.5. The Balaban J connectivity index is 1.75. The van der Waals surface area contributed by atoms with E-state index in [1.54, 1.807) is 0 Å². The van der Waals surface area contributed by atoms with Gasteiger partial charge >= 0.3 is 0 Å². The second-order valence-corrected chi connectivity index (χ2v) is 8.01. The van der Waals surface area contributed by atoms with Crippen LogP contribution >= 0.6 is 15.9 Å². The molecule has 1 spiro atoms. The van der Waals surface area contributed by atoms with Crippen LogP contribution in [0.1, 0.15) is 46.5 Å². The van der Waals surface area contributed by atoms with Crippen molar-refractivity contribution in [2.75, 3.05) is 5.52 Å². The zero-order valence-corrected chi connectivity index (χ0v) is 15.0. The molecule has 4 saturated heterocycles. The lowest BCUT2D eigenvalue weighted by Gasteiger charge is -2.60. The van der Waals surface area contributed by atoms with Gasteiger partial charge in [-0.1, -0.05) is 29.8 Å². The highest BCUT2D eigenvalue weighted by molar-refractivity contribution is 9.09. The molecule has 5 aliphatic rings. The van der Waals surface area contributed by atoms with E-state index in [0.717, 1.165) is 19.3 Å². The molecule has 4 aliphatic heterocycles. The molecule has 1 aliphatic carbocycles. The maximum Gasteiger partial charge on any atom is 0.201 e. The van der Waals surface area contributed by atoms with E-state index in [0.29, 0.717) is 23.3 Å². The zero-order chi connectivity index (χ0) is 15.5. The maximum atomic E-state index is 6.24. The van der Waals surface area contributed by atoms with Crippen LogP contribution in [0.2, 0.25) is 0 Å². The van der Waals surface area contributed by atoms with Crippen LogP contribution in [0.15, 0.2) is 0 Å². The second-order valence-electron chi connectivity index (χ2n) is 7.55. The maximum absolute atomic E-state index is 6.24. The molecule has 5 nitrogen and oxygen atoms in total. The van der Waals surface area contributed by atoms with Crippen molar-refractivity contribution >= 4 is 15.9 Å². The van der Waals surface area contributed by atoms with Crippen molar-refractivity contribution < 1.29 is 24.0 Å². The van der Waals surface area contributed by atoms with Crippen molar-refractivity contribution in [3.8, 4) is 0 Å². The first kappa shape index (κ1) is 15.8. The Labute approximate surface area is 140 Å². The Bertz CT molecular complexity index is 448. The van der Waals surface area contributed by atoms with E-state index < -0.39 is 17.7 Å². The van der Waals surface area contributed by atoms with Crippen LogP contribution < -0.4 is 0 Å². The molecule has 2 bridgehead atoms. The van der Waals surface area contributed by atoms with Gasteiger partial charge in [-0.3, -0.25) is 0 Å². The predicted molar refractivity (Wildman–Crippen MR) is 81.7 cm³/mol. The summed E-state index contributed by atoms with van der Waals surface area (Å²) >= 11 is 3.34. The van der Waals surface area contributed by atoms with Gasteiger partial charge in [-0.2, -0.15) is 0 Å². The standard InChI is InChI=1S/C16H25BrO5/c1-9-4-5-12-10(2)13(18-8-17)19-14-16(12)11(9)6-7-15(3,20-14)21-22-16/h9-14H,4-8H2,1-3H3/t9-,10-,11?,12?,13+,14-,15?,16-/m1/s1. The fourth-order valence-corrected chi connectivity index (χ4v) is 5.39. The fraction of sp³-hybridized carbons (Fsp3) is 1.00. The molecule has 0 aromatic rings. The predicted octanol–water partition coefficient (Wildman–Crippen LogP) is 3.56. The largest absolute Gasteiger partial charge is 0.341 e. The van der Waals surface area contributed by atoms with Crippen LogP contribution in [0.25, 0.3) is 0 Å². The number of halogens is 1. The zero-order valence-electron chi connectivity index (χ0n) is 13.4. The Hall–Kier alpha value is 0.280. The van der Waals surface area contributed by atoms with Gasteiger partial charge in [-0.25, -0.2) is 9.78 Å². The third kappa shape index (κ3) is 2.07. The highest BCUT2D eigenvalue weighted by Crippen LogP contribution is 2.60. The van der Waals surface area contributed by atoms with Crippen molar-refractivity contribution in [3.63, 3.8) is 0 Å². The number of rotatable bonds is 2. The van der Waals surface area contributed by atoms with Crippen LogP contribution in [0.3, 0.4) is 0 Å². The molecule has 0 aromatic heterocycles. The molecule has 126 valence electrons. The Morgan fingerprint density at radius 1 is 1.14 bits per heavy atom. The number of hydrogen-bond donors (Lipinski definition) is 0. The quantitative estimate of drug-likeness (QED) is 0.544. The molecule has 1 saturated carbocycles. The minimum absolute atomic E-state index is 0.249. The summed E-state index contributed by atoms with van der Waals surface area (Å²) in [5.41, 5.74) is -0.0256. The lowest BCUT2D eigenvalue weighted by molar-refractivity contribution is -0.577. The van der Waals surface area contributed by atoms with Gasteiger partial charge in [0.2, 0.25) is 5.79 Å². The summed E-state index contributed by atoms with van der Waals surface area (Å²) in [7, 11) is 0. The molecule has 5 rings (SSSR count). The van der Waals surface area contributed by atoms with Gasteiger partial charge in [0.25, 0.3) is 0 Å². The Kier molecular flexibility index (Phi) is 3.87. The third-order valence-corrected chi connectivity index (χ3v) is 6.59. The molecule has 5 fully saturated rings. The van der Waals surface area contributed by atoms with Gasteiger partial charge in [-0.15, -0.1) is 0 Å². The molecule has 8 atom stereocenters. The average molecular weight is 377 g/mol. The molecule has 0 aromatic carbocycles. The van der Waals surface area contributed by atoms with Gasteiger partial charge in [0.05, 0.1) is 0 Å². The highest BCUT2D eigenvalue weighted by Gasteiger charge is 2.69. The minimum atomic E-state index is -0.711. The molecule has 0 amide bonds. The summed E-state index contributed by atoms with van der Waals surface area (Å²) in [6, 6.07) is 0. The van der Waals surface area contributed by atoms with Crippen LogP contribution in [0.4, 0.5) is 0 Å². The van der Waals surface area contributed by atoms with E-state index in [1.165, 1.54) is 6.42 Å². The van der Waals surface area contributed by atoms with E-state index in [2.05, 4.69) is 29.8 Å². The topological polar surface area (TPSA) is 46.2 Å². The number of fused-ring (bicyclic) bond motifs is 2. The molecular weight excluding hydrogens is 352 g/mol. The van der Waals surface area contributed by atoms with Crippen molar-refractivity contribution in [1.29, 1.82) is 0 Å². The number of hydrogen-bond acceptors (Lipinski definition) is 5. The number of alkyl halides is 1. The molecule has 22 heavy (non-hydrogen) atoms. The first-order valence-corrected chi connectivity index (χ1v) is 9.50. The Morgan fingerprint density at radius 3 is 2.73 bits per heavy atom. The molecule has 0 radical (unpaired) electrons. The summed E-state index contributed by atoms with van der Waals surface area (Å²) in [5.74, 6) is 0.873. The molecule has 0 N–H and O–H groups in total. The van der Waals surface area contributed by atoms with E-state index in [1.807, 2.05) is 6.92 Å². The van der Waals surface area contributed by atoms with Crippen LogP contribution in [0.5, 0.6) is 0 Å². The molecule has 3 unspecified atom stereocenters. The van der Waals surface area contributed by atoms with Crippen molar-refractivity contribution in [2.45, 2.75) is 70.4 Å².